The minimum absolute atomic E-state index is 0. The van der Waals surface area contributed by atoms with Crippen LogP contribution in [-0.2, 0) is 24.3 Å². The molecule has 0 aliphatic heterocycles. The molecule has 1 amide bonds. The Kier molecular flexibility index (Phi) is 12.6. The maximum absolute atomic E-state index is 9.06. The summed E-state index contributed by atoms with van der Waals surface area (Å²) in [6, 6.07) is 3.55. The molecule has 0 spiro atoms. The van der Waals surface area contributed by atoms with E-state index in [9.17, 15) is 0 Å². The number of nitrogens with zero attached hydrogens (tertiary/aromatic N) is 2. The van der Waals surface area contributed by atoms with E-state index < -0.39 is 0 Å². The van der Waals surface area contributed by atoms with Crippen LogP contribution in [0, 0.1) is 6.92 Å². The summed E-state index contributed by atoms with van der Waals surface area (Å²) in [5.74, 6) is 1.14. The maximum atomic E-state index is 9.06. The first-order valence-corrected chi connectivity index (χ1v) is 5.98. The van der Waals surface area contributed by atoms with Gasteiger partial charge in [-0.25, -0.2) is 4.98 Å². The summed E-state index contributed by atoms with van der Waals surface area (Å²) in [6.07, 6.45) is 4.00. The van der Waals surface area contributed by atoms with Crippen molar-refractivity contribution in [3.05, 3.63) is 36.1 Å². The van der Waals surface area contributed by atoms with E-state index in [2.05, 4.69) is 20.3 Å². The molecule has 2 aromatic heterocycles. The molecule has 7 heteroatoms. The van der Waals surface area contributed by atoms with Gasteiger partial charge in [0.25, 0.3) is 0 Å². The predicted molar refractivity (Wildman–Crippen MR) is 77.0 cm³/mol. The number of amides is 1. The zero-order valence-corrected chi connectivity index (χ0v) is 13.8. The zero-order valence-electron chi connectivity index (χ0n) is 12.0. The molecule has 0 aliphatic rings. The number of aromatic amines is 1. The summed E-state index contributed by atoms with van der Waals surface area (Å²) in [5, 5.41) is 2.25. The Bertz CT molecular complexity index is 487. The van der Waals surface area contributed by atoms with E-state index in [1.165, 1.54) is 0 Å². The third-order valence-electron chi connectivity index (χ3n) is 1.89. The number of aromatic nitrogens is 3. The van der Waals surface area contributed by atoms with E-state index in [4.69, 9.17) is 10.5 Å². The van der Waals surface area contributed by atoms with Crippen LogP contribution in [0.1, 0.15) is 19.7 Å². The van der Waals surface area contributed by atoms with Crippen LogP contribution in [0.5, 0.6) is 0 Å². The number of nitrogens with one attached hydrogen (secondary N) is 3. The molecule has 6 nitrogen and oxygen atoms in total. The van der Waals surface area contributed by atoms with E-state index in [1.807, 2.05) is 26.8 Å². The molecule has 0 aliphatic carbocycles. The van der Waals surface area contributed by atoms with Crippen LogP contribution in [0.15, 0.2) is 24.5 Å². The first kappa shape index (κ1) is 20.6. The summed E-state index contributed by atoms with van der Waals surface area (Å²) in [5.41, 5.74) is 9.22. The first-order chi connectivity index (χ1) is 9.17. The van der Waals surface area contributed by atoms with E-state index in [0.29, 0.717) is 6.41 Å². The smallest absolute Gasteiger partial charge is 0.482 e. The Morgan fingerprint density at radius 3 is 2.35 bits per heavy atom. The molecule has 2 rings (SSSR count). The Morgan fingerprint density at radius 2 is 1.95 bits per heavy atom. The normalized spacial score (nSPS) is 8.00. The van der Waals surface area contributed by atoms with Crippen LogP contribution in [0.25, 0.3) is 17.0 Å². The second kappa shape index (κ2) is 12.3. The Labute approximate surface area is 132 Å². The molecule has 0 unspecified atom stereocenters. The molecule has 2 aromatic rings. The van der Waals surface area contributed by atoms with Gasteiger partial charge in [0.2, 0.25) is 6.41 Å². The molecular weight excluding hydrogens is 343 g/mol. The molecule has 111 valence electrons. The van der Waals surface area contributed by atoms with Crippen LogP contribution in [-0.4, -0.2) is 28.4 Å². The van der Waals surface area contributed by atoms with Crippen LogP contribution >= 0.6 is 0 Å². The molecule has 0 saturated heterocycles. The summed E-state index contributed by atoms with van der Waals surface area (Å²) >= 11 is 0. The van der Waals surface area contributed by atoms with E-state index in [-0.39, 0.29) is 25.3 Å². The van der Waals surface area contributed by atoms with Gasteiger partial charge in [-0.2, -0.15) is 0 Å². The van der Waals surface area contributed by atoms with Crippen LogP contribution in [0.3, 0.4) is 0 Å². The van der Waals surface area contributed by atoms with Gasteiger partial charge in [-0.05, 0) is 12.5 Å². The number of hydrogen-bond donors (Lipinski definition) is 2. The fourth-order valence-electron chi connectivity index (χ4n) is 1.17. The number of H-pyrrole nitrogens is 1. The Hall–Kier alpha value is -1.75. The minimum atomic E-state index is 0. The topological polar surface area (TPSA) is 94.5 Å². The van der Waals surface area contributed by atoms with E-state index >= 15 is 0 Å². The van der Waals surface area contributed by atoms with Gasteiger partial charge in [0.15, 0.2) is 0 Å². The standard InChI is InChI=1S/C9H9N4.C2H5NO.C2H6.Ru/c1-6-12-5-8(13-6)7-2-3-11-9(10)4-7;1-3-2-4;1-2;/h2-5H,1H3,(H2-,10,11,12,13);2H,1H3,(H,3,4);1-2H3;/q-1;;;+1. The average Bonchev–Trinajstić information content (AvgIpc) is 2.88. The summed E-state index contributed by atoms with van der Waals surface area (Å²) in [4.78, 5) is 20.0. The van der Waals surface area contributed by atoms with Crippen molar-refractivity contribution in [2.45, 2.75) is 20.8 Å². The van der Waals surface area contributed by atoms with Gasteiger partial charge in [-0.1, -0.05) is 38.0 Å². The van der Waals surface area contributed by atoms with Gasteiger partial charge in [-0.15, -0.1) is 0 Å². The number of carbonyl (C=O) groups is 1. The van der Waals surface area contributed by atoms with E-state index in [1.54, 1.807) is 25.5 Å². The molecule has 0 saturated carbocycles. The minimum Gasteiger partial charge on any atom is -0.482 e. The van der Waals surface area contributed by atoms with Crippen molar-refractivity contribution in [3.63, 3.8) is 0 Å². The van der Waals surface area contributed by atoms with Crippen molar-refractivity contribution >= 4 is 12.2 Å². The summed E-state index contributed by atoms with van der Waals surface area (Å²) in [7, 11) is 1.56. The van der Waals surface area contributed by atoms with Crippen molar-refractivity contribution in [2.75, 3.05) is 7.05 Å². The molecule has 20 heavy (non-hydrogen) atoms. The van der Waals surface area contributed by atoms with Gasteiger partial charge in [0, 0.05) is 7.05 Å². The second-order valence-electron chi connectivity index (χ2n) is 3.22. The van der Waals surface area contributed by atoms with Crippen LogP contribution < -0.4 is 5.32 Å². The van der Waals surface area contributed by atoms with E-state index in [0.717, 1.165) is 17.1 Å². The fraction of sp³-hybridized carbons (Fsp3) is 0.308. The zero-order chi connectivity index (χ0) is 14.7. The van der Waals surface area contributed by atoms with Gasteiger partial charge in [-0.3, -0.25) is 4.79 Å². The van der Waals surface area contributed by atoms with Crippen LogP contribution in [0.4, 0.5) is 5.82 Å². The molecule has 3 N–H and O–H groups in total. The SMILES string of the molecule is CC.CNC=O.Cc1ncc(-c2ccnc([NH-])c2)[nH]1.[Ru+]. The van der Waals surface area contributed by atoms with Gasteiger partial charge in [0.1, 0.15) is 5.82 Å². The molecule has 0 atom stereocenters. The number of pyridine rings is 1. The third-order valence-corrected chi connectivity index (χ3v) is 1.89. The Balaban J connectivity index is 0. The monoisotopic (exact) mass is 364 g/mol. The number of hydrogen-bond acceptors (Lipinski definition) is 3. The molecule has 0 bridgehead atoms. The molecule has 0 aromatic carbocycles. The van der Waals surface area contributed by atoms with Crippen molar-refractivity contribution in [2.24, 2.45) is 0 Å². The molecule has 2 heterocycles. The van der Waals surface area contributed by atoms with Gasteiger partial charge < -0.3 is 21.0 Å². The third kappa shape index (κ3) is 7.64. The van der Waals surface area contributed by atoms with Gasteiger partial charge >= 0.3 is 19.5 Å². The quantitative estimate of drug-likeness (QED) is 0.634. The molecular formula is C13H20N5ORu. The summed E-state index contributed by atoms with van der Waals surface area (Å²) in [6.45, 7) is 5.90. The summed E-state index contributed by atoms with van der Waals surface area (Å²) < 4.78 is 0. The number of aryl methyl sites for hydroxylation is 1. The van der Waals surface area contributed by atoms with Crippen molar-refractivity contribution in [1.29, 1.82) is 0 Å². The van der Waals surface area contributed by atoms with Crippen molar-refractivity contribution in [1.82, 2.24) is 20.3 Å². The number of imidazole rings is 1. The molecule has 0 fully saturated rings. The second-order valence-corrected chi connectivity index (χ2v) is 3.22. The number of rotatable bonds is 2. The fourth-order valence-corrected chi connectivity index (χ4v) is 1.17. The number of carbonyl (C=O) groups excluding carboxylic acids is 1. The predicted octanol–water partition coefficient (Wildman–Crippen LogP) is 2.85. The Morgan fingerprint density at radius 1 is 1.35 bits per heavy atom. The van der Waals surface area contributed by atoms with Crippen molar-refractivity contribution < 1.29 is 24.3 Å². The first-order valence-electron chi connectivity index (χ1n) is 5.98. The van der Waals surface area contributed by atoms with Gasteiger partial charge in [0.05, 0.1) is 11.9 Å². The van der Waals surface area contributed by atoms with Crippen molar-refractivity contribution in [3.8, 4) is 11.3 Å². The maximum Gasteiger partial charge on any atom is 1.00 e. The van der Waals surface area contributed by atoms with Crippen LogP contribution in [0.2, 0.25) is 0 Å². The molecule has 1 radical (unpaired) electrons. The largest absolute Gasteiger partial charge is 1.00 e. The average molecular weight is 363 g/mol.